The first-order chi connectivity index (χ1) is 12.1. The first-order valence-corrected chi connectivity index (χ1v) is 8.20. The average Bonchev–Trinajstić information content (AvgIpc) is 3.02. The van der Waals surface area contributed by atoms with Crippen LogP contribution in [0.2, 0.25) is 0 Å². The van der Waals surface area contributed by atoms with Crippen LogP contribution in [0.5, 0.6) is 0 Å². The molecule has 25 heavy (non-hydrogen) atoms. The quantitative estimate of drug-likeness (QED) is 0.868. The number of aliphatic hydroxyl groups is 1. The van der Waals surface area contributed by atoms with Gasteiger partial charge in [-0.3, -0.25) is 9.69 Å². The second kappa shape index (κ2) is 7.47. The fourth-order valence-corrected chi connectivity index (χ4v) is 3.29. The third kappa shape index (κ3) is 3.71. The third-order valence-corrected chi connectivity index (χ3v) is 4.55. The smallest absolute Gasteiger partial charge is 0.323 e. The Morgan fingerprint density at radius 3 is 2.68 bits per heavy atom. The summed E-state index contributed by atoms with van der Waals surface area (Å²) in [6, 6.07) is 17.2. The van der Waals surface area contributed by atoms with Crippen LogP contribution in [0.15, 0.2) is 48.5 Å². The minimum absolute atomic E-state index is 0.309. The lowest BCUT2D eigenvalue weighted by molar-refractivity contribution is -0.146. The van der Waals surface area contributed by atoms with E-state index in [4.69, 9.17) is 4.74 Å². The second-order valence-corrected chi connectivity index (χ2v) is 6.21. The fraction of sp³-hybridized carbons (Fsp3) is 0.300. The number of nitriles is 1. The van der Waals surface area contributed by atoms with E-state index in [1.807, 2.05) is 47.4 Å². The first-order valence-electron chi connectivity index (χ1n) is 8.20. The van der Waals surface area contributed by atoms with Gasteiger partial charge in [-0.2, -0.15) is 5.26 Å². The van der Waals surface area contributed by atoms with Crippen LogP contribution in [-0.2, 0) is 16.1 Å². The summed E-state index contributed by atoms with van der Waals surface area (Å²) in [5.74, 6) is -0.309. The molecule has 1 aliphatic rings. The molecule has 5 heteroatoms. The van der Waals surface area contributed by atoms with E-state index < -0.39 is 12.1 Å². The van der Waals surface area contributed by atoms with Gasteiger partial charge in [0.1, 0.15) is 6.04 Å². The highest BCUT2D eigenvalue weighted by Gasteiger charge is 2.36. The van der Waals surface area contributed by atoms with Crippen LogP contribution >= 0.6 is 0 Å². The van der Waals surface area contributed by atoms with Gasteiger partial charge < -0.3 is 9.84 Å². The lowest BCUT2D eigenvalue weighted by Crippen LogP contribution is -2.36. The van der Waals surface area contributed by atoms with Crippen LogP contribution in [0.1, 0.15) is 17.5 Å². The van der Waals surface area contributed by atoms with E-state index >= 15 is 0 Å². The van der Waals surface area contributed by atoms with Crippen LogP contribution in [-0.4, -0.2) is 41.8 Å². The molecule has 2 aromatic rings. The largest absolute Gasteiger partial charge is 0.468 e. The SMILES string of the molecule is COC(=O)[C@@H]1C[C@H](O)CN1Cc1ccc(-c2ccccc2C#N)cc1. The van der Waals surface area contributed by atoms with E-state index in [0.717, 1.165) is 16.7 Å². The van der Waals surface area contributed by atoms with Crippen molar-refractivity contribution in [1.82, 2.24) is 4.90 Å². The summed E-state index contributed by atoms with van der Waals surface area (Å²) in [5.41, 5.74) is 3.57. The summed E-state index contributed by atoms with van der Waals surface area (Å²) >= 11 is 0. The second-order valence-electron chi connectivity index (χ2n) is 6.21. The van der Waals surface area contributed by atoms with Gasteiger partial charge in [-0.1, -0.05) is 42.5 Å². The Labute approximate surface area is 147 Å². The third-order valence-electron chi connectivity index (χ3n) is 4.55. The molecule has 0 amide bonds. The maximum Gasteiger partial charge on any atom is 0.323 e. The summed E-state index contributed by atoms with van der Waals surface area (Å²) in [7, 11) is 1.37. The van der Waals surface area contributed by atoms with Gasteiger partial charge in [0.25, 0.3) is 0 Å². The predicted molar refractivity (Wildman–Crippen MR) is 93.4 cm³/mol. The highest BCUT2D eigenvalue weighted by atomic mass is 16.5. The van der Waals surface area contributed by atoms with Gasteiger partial charge in [-0.15, -0.1) is 0 Å². The van der Waals surface area contributed by atoms with Crippen molar-refractivity contribution in [2.24, 2.45) is 0 Å². The predicted octanol–water partition coefficient (Wildman–Crippen LogP) is 2.33. The maximum absolute atomic E-state index is 11.9. The summed E-state index contributed by atoms with van der Waals surface area (Å²) in [6.07, 6.45) is -0.105. The zero-order valence-electron chi connectivity index (χ0n) is 14.1. The molecule has 0 radical (unpaired) electrons. The van der Waals surface area contributed by atoms with Crippen molar-refractivity contribution in [1.29, 1.82) is 5.26 Å². The number of rotatable bonds is 4. The molecule has 5 nitrogen and oxygen atoms in total. The molecule has 1 fully saturated rings. The minimum atomic E-state index is -0.508. The van der Waals surface area contributed by atoms with Gasteiger partial charge >= 0.3 is 5.97 Å². The Hall–Kier alpha value is -2.68. The van der Waals surface area contributed by atoms with Gasteiger partial charge in [-0.05, 0) is 22.8 Å². The van der Waals surface area contributed by atoms with Crippen molar-refractivity contribution in [3.8, 4) is 17.2 Å². The van der Waals surface area contributed by atoms with Crippen molar-refractivity contribution >= 4 is 5.97 Å². The fourth-order valence-electron chi connectivity index (χ4n) is 3.29. The van der Waals surface area contributed by atoms with E-state index in [1.54, 1.807) is 6.07 Å². The molecule has 128 valence electrons. The zero-order chi connectivity index (χ0) is 17.8. The molecule has 0 spiro atoms. The molecule has 1 N–H and O–H groups in total. The number of hydrogen-bond donors (Lipinski definition) is 1. The molecule has 0 aliphatic carbocycles. The van der Waals surface area contributed by atoms with E-state index in [0.29, 0.717) is 25.1 Å². The molecule has 3 rings (SSSR count). The van der Waals surface area contributed by atoms with Gasteiger partial charge in [0.15, 0.2) is 0 Å². The first kappa shape index (κ1) is 17.2. The van der Waals surface area contributed by atoms with E-state index in [9.17, 15) is 15.2 Å². The highest BCUT2D eigenvalue weighted by Crippen LogP contribution is 2.25. The number of likely N-dealkylation sites (tertiary alicyclic amines) is 1. The summed E-state index contributed by atoms with van der Waals surface area (Å²) < 4.78 is 4.83. The highest BCUT2D eigenvalue weighted by molar-refractivity contribution is 5.76. The van der Waals surface area contributed by atoms with Crippen LogP contribution in [0, 0.1) is 11.3 Å². The Morgan fingerprint density at radius 2 is 2.00 bits per heavy atom. The number of carbonyl (C=O) groups is 1. The minimum Gasteiger partial charge on any atom is -0.468 e. The molecule has 0 saturated carbocycles. The number of ether oxygens (including phenoxy) is 1. The van der Waals surface area contributed by atoms with Crippen LogP contribution in [0.4, 0.5) is 0 Å². The Morgan fingerprint density at radius 1 is 1.28 bits per heavy atom. The molecule has 2 aromatic carbocycles. The topological polar surface area (TPSA) is 73.6 Å². The Bertz CT molecular complexity index is 795. The standard InChI is InChI=1S/C20H20N2O3/c1-25-20(24)19-10-17(23)13-22(19)12-14-6-8-15(9-7-14)18-5-3-2-4-16(18)11-21/h2-9,17,19,23H,10,12-13H2,1H3/t17-,19-/m0/s1. The average molecular weight is 336 g/mol. The molecule has 0 unspecified atom stereocenters. The maximum atomic E-state index is 11.9. The molecule has 0 bridgehead atoms. The van der Waals surface area contributed by atoms with Crippen molar-refractivity contribution in [2.75, 3.05) is 13.7 Å². The molecule has 1 aliphatic heterocycles. The number of aliphatic hydroxyl groups excluding tert-OH is 1. The molecule has 1 heterocycles. The molecular formula is C20H20N2O3. The van der Waals surface area contributed by atoms with E-state index in [1.165, 1.54) is 7.11 Å². The number of nitrogens with zero attached hydrogens (tertiary/aromatic N) is 2. The van der Waals surface area contributed by atoms with Gasteiger partial charge in [0.2, 0.25) is 0 Å². The summed E-state index contributed by atoms with van der Waals surface area (Å²) in [4.78, 5) is 13.8. The van der Waals surface area contributed by atoms with Crippen molar-refractivity contribution in [2.45, 2.75) is 25.1 Å². The van der Waals surface area contributed by atoms with Crippen LogP contribution in [0.3, 0.4) is 0 Å². The van der Waals surface area contributed by atoms with Crippen molar-refractivity contribution in [3.05, 3.63) is 59.7 Å². The molecular weight excluding hydrogens is 316 g/mol. The van der Waals surface area contributed by atoms with Gasteiger partial charge in [0.05, 0.1) is 24.8 Å². The lowest BCUT2D eigenvalue weighted by atomic mass is 9.99. The van der Waals surface area contributed by atoms with E-state index in [-0.39, 0.29) is 5.97 Å². The molecule has 1 saturated heterocycles. The number of methoxy groups -OCH3 is 1. The Kier molecular flexibility index (Phi) is 5.13. The van der Waals surface area contributed by atoms with Crippen LogP contribution < -0.4 is 0 Å². The van der Waals surface area contributed by atoms with Gasteiger partial charge in [-0.25, -0.2) is 0 Å². The summed E-state index contributed by atoms with van der Waals surface area (Å²) in [5, 5.41) is 19.1. The number of carbonyl (C=O) groups excluding carboxylic acids is 1. The molecule has 0 aromatic heterocycles. The summed E-state index contributed by atoms with van der Waals surface area (Å²) in [6.45, 7) is 1.02. The zero-order valence-corrected chi connectivity index (χ0v) is 14.1. The normalized spacial score (nSPS) is 20.2. The van der Waals surface area contributed by atoms with Crippen molar-refractivity contribution < 1.29 is 14.6 Å². The van der Waals surface area contributed by atoms with Crippen molar-refractivity contribution in [3.63, 3.8) is 0 Å². The van der Waals surface area contributed by atoms with Crippen LogP contribution in [0.25, 0.3) is 11.1 Å². The lowest BCUT2D eigenvalue weighted by Gasteiger charge is -2.22. The number of benzene rings is 2. The monoisotopic (exact) mass is 336 g/mol. The van der Waals surface area contributed by atoms with Gasteiger partial charge in [0, 0.05) is 19.5 Å². The number of β-amino-alcohol motifs (C(OH)–C–C–N with tert-alkyl or cyclic N) is 1. The number of esters is 1. The van der Waals surface area contributed by atoms with E-state index in [2.05, 4.69) is 6.07 Å². The Balaban J connectivity index is 1.77. The number of hydrogen-bond acceptors (Lipinski definition) is 5. The molecule has 2 atom stereocenters.